The number of rotatable bonds is 5. The maximum absolute atomic E-state index is 12.2. The van der Waals surface area contributed by atoms with Gasteiger partial charge in [0.2, 0.25) is 5.91 Å². The van der Waals surface area contributed by atoms with Gasteiger partial charge in [0.05, 0.1) is 6.54 Å². The first-order chi connectivity index (χ1) is 10.9. The Morgan fingerprint density at radius 2 is 1.70 bits per heavy atom. The second-order valence-corrected chi connectivity index (χ2v) is 6.48. The fourth-order valence-electron chi connectivity index (χ4n) is 2.33. The van der Waals surface area contributed by atoms with Gasteiger partial charge in [0.1, 0.15) is 0 Å². The summed E-state index contributed by atoms with van der Waals surface area (Å²) < 4.78 is 0. The predicted molar refractivity (Wildman–Crippen MR) is 97.3 cm³/mol. The number of hydrogen-bond acceptors (Lipinski definition) is 2. The summed E-state index contributed by atoms with van der Waals surface area (Å²) in [4.78, 5) is 14.1. The molecular formula is C18H20Cl2N2O. The van der Waals surface area contributed by atoms with Gasteiger partial charge in [-0.05, 0) is 50.2 Å². The minimum absolute atomic E-state index is 0.0654. The third-order valence-corrected chi connectivity index (χ3v) is 4.49. The van der Waals surface area contributed by atoms with Gasteiger partial charge in [-0.15, -0.1) is 0 Å². The van der Waals surface area contributed by atoms with E-state index in [1.54, 1.807) is 18.2 Å². The first-order valence-electron chi connectivity index (χ1n) is 7.36. The molecule has 2 aromatic rings. The summed E-state index contributed by atoms with van der Waals surface area (Å²) in [6.07, 6.45) is 0. The Bertz CT molecular complexity index is 696. The van der Waals surface area contributed by atoms with E-state index in [9.17, 15) is 4.79 Å². The van der Waals surface area contributed by atoms with Crippen molar-refractivity contribution in [3.8, 4) is 0 Å². The fraction of sp³-hybridized carbons (Fsp3) is 0.278. The smallest absolute Gasteiger partial charge is 0.238 e. The Morgan fingerprint density at radius 1 is 1.09 bits per heavy atom. The molecule has 0 aliphatic carbocycles. The standard InChI is InChI=1S/C18H20Cl2N2O/c1-12-6-4-9-17(13(12)2)21-18(23)11-22(3)10-14-15(19)7-5-8-16(14)20/h4-9H,10-11H2,1-3H3,(H,21,23). The number of carbonyl (C=O) groups excluding carboxylic acids is 1. The van der Waals surface area contributed by atoms with Crippen LogP contribution in [0.3, 0.4) is 0 Å². The zero-order valence-electron chi connectivity index (χ0n) is 13.5. The monoisotopic (exact) mass is 350 g/mol. The van der Waals surface area contributed by atoms with Crippen LogP contribution in [0.25, 0.3) is 0 Å². The Morgan fingerprint density at radius 3 is 2.35 bits per heavy atom. The van der Waals surface area contributed by atoms with Crippen molar-refractivity contribution in [1.29, 1.82) is 0 Å². The second-order valence-electron chi connectivity index (χ2n) is 5.67. The van der Waals surface area contributed by atoms with E-state index in [2.05, 4.69) is 5.32 Å². The number of nitrogens with one attached hydrogen (secondary N) is 1. The summed E-state index contributed by atoms with van der Waals surface area (Å²) in [7, 11) is 1.86. The maximum Gasteiger partial charge on any atom is 0.238 e. The van der Waals surface area contributed by atoms with Gasteiger partial charge in [0, 0.05) is 27.8 Å². The number of aryl methyl sites for hydroxylation is 1. The number of benzene rings is 2. The number of likely N-dealkylation sites (N-methyl/N-ethyl adjacent to an activating group) is 1. The van der Waals surface area contributed by atoms with E-state index in [0.29, 0.717) is 16.6 Å². The van der Waals surface area contributed by atoms with Crippen LogP contribution < -0.4 is 5.32 Å². The molecule has 23 heavy (non-hydrogen) atoms. The summed E-state index contributed by atoms with van der Waals surface area (Å²) in [5.41, 5.74) is 3.91. The molecule has 0 radical (unpaired) electrons. The van der Waals surface area contributed by atoms with Crippen molar-refractivity contribution in [3.05, 3.63) is 63.1 Å². The highest BCUT2D eigenvalue weighted by Crippen LogP contribution is 2.25. The van der Waals surface area contributed by atoms with Crippen molar-refractivity contribution in [2.24, 2.45) is 0 Å². The lowest BCUT2D eigenvalue weighted by Crippen LogP contribution is -2.30. The second kappa shape index (κ2) is 7.82. The van der Waals surface area contributed by atoms with Crippen molar-refractivity contribution in [2.75, 3.05) is 18.9 Å². The summed E-state index contributed by atoms with van der Waals surface area (Å²) in [6.45, 7) is 4.79. The quantitative estimate of drug-likeness (QED) is 0.848. The van der Waals surface area contributed by atoms with Gasteiger partial charge in [0.25, 0.3) is 0 Å². The molecule has 0 saturated heterocycles. The Hall–Kier alpha value is -1.55. The SMILES string of the molecule is Cc1cccc(NC(=O)CN(C)Cc2c(Cl)cccc2Cl)c1C. The van der Waals surface area contributed by atoms with Crippen LogP contribution >= 0.6 is 23.2 Å². The van der Waals surface area contributed by atoms with E-state index in [1.165, 1.54) is 0 Å². The molecule has 0 heterocycles. The molecule has 2 rings (SSSR count). The Balaban J connectivity index is 1.99. The topological polar surface area (TPSA) is 32.3 Å². The Kier molecular flexibility index (Phi) is 6.05. The van der Waals surface area contributed by atoms with Crippen molar-refractivity contribution in [1.82, 2.24) is 4.90 Å². The van der Waals surface area contributed by atoms with Crippen molar-refractivity contribution in [3.63, 3.8) is 0 Å². The molecule has 0 fully saturated rings. The number of anilines is 1. The molecule has 1 amide bonds. The Labute approximate surface area is 147 Å². The van der Waals surface area contributed by atoms with Gasteiger partial charge >= 0.3 is 0 Å². The molecule has 5 heteroatoms. The maximum atomic E-state index is 12.2. The lowest BCUT2D eigenvalue weighted by molar-refractivity contribution is -0.117. The number of nitrogens with zero attached hydrogens (tertiary/aromatic N) is 1. The van der Waals surface area contributed by atoms with E-state index < -0.39 is 0 Å². The molecule has 0 aliphatic heterocycles. The first-order valence-corrected chi connectivity index (χ1v) is 8.11. The van der Waals surface area contributed by atoms with Crippen LogP contribution in [-0.2, 0) is 11.3 Å². The van der Waals surface area contributed by atoms with Crippen molar-refractivity contribution in [2.45, 2.75) is 20.4 Å². The van der Waals surface area contributed by atoms with Crippen LogP contribution in [-0.4, -0.2) is 24.4 Å². The third-order valence-electron chi connectivity index (χ3n) is 3.78. The zero-order chi connectivity index (χ0) is 17.0. The molecule has 0 saturated carbocycles. The lowest BCUT2D eigenvalue weighted by Gasteiger charge is -2.18. The van der Waals surface area contributed by atoms with Crippen LogP contribution in [0.4, 0.5) is 5.69 Å². The molecule has 1 N–H and O–H groups in total. The normalized spacial score (nSPS) is 10.9. The zero-order valence-corrected chi connectivity index (χ0v) is 15.0. The van der Waals surface area contributed by atoms with Gasteiger partial charge in [-0.3, -0.25) is 9.69 Å². The highest BCUT2D eigenvalue weighted by Gasteiger charge is 2.12. The average Bonchev–Trinajstić information content (AvgIpc) is 2.48. The molecule has 0 atom stereocenters. The van der Waals surface area contributed by atoms with E-state index in [1.807, 2.05) is 44.0 Å². The van der Waals surface area contributed by atoms with Crippen LogP contribution in [0.1, 0.15) is 16.7 Å². The van der Waals surface area contributed by atoms with Crippen LogP contribution in [0.2, 0.25) is 10.0 Å². The summed E-state index contributed by atoms with van der Waals surface area (Å²) in [5.74, 6) is -0.0654. The summed E-state index contributed by atoms with van der Waals surface area (Å²) in [5, 5.41) is 4.17. The summed E-state index contributed by atoms with van der Waals surface area (Å²) in [6, 6.07) is 11.3. The highest BCUT2D eigenvalue weighted by molar-refractivity contribution is 6.35. The fourth-order valence-corrected chi connectivity index (χ4v) is 2.85. The molecular weight excluding hydrogens is 331 g/mol. The van der Waals surface area contributed by atoms with Crippen molar-refractivity contribution >= 4 is 34.8 Å². The lowest BCUT2D eigenvalue weighted by atomic mass is 10.1. The van der Waals surface area contributed by atoms with E-state index in [-0.39, 0.29) is 12.5 Å². The molecule has 0 aromatic heterocycles. The third kappa shape index (κ3) is 4.71. The van der Waals surface area contributed by atoms with Gasteiger partial charge < -0.3 is 5.32 Å². The van der Waals surface area contributed by atoms with E-state index in [0.717, 1.165) is 22.4 Å². The molecule has 122 valence electrons. The summed E-state index contributed by atoms with van der Waals surface area (Å²) >= 11 is 12.3. The van der Waals surface area contributed by atoms with Crippen LogP contribution in [0, 0.1) is 13.8 Å². The van der Waals surface area contributed by atoms with Crippen LogP contribution in [0.5, 0.6) is 0 Å². The average molecular weight is 351 g/mol. The van der Waals surface area contributed by atoms with Gasteiger partial charge in [-0.2, -0.15) is 0 Å². The predicted octanol–water partition coefficient (Wildman–Crippen LogP) is 4.68. The number of carbonyl (C=O) groups is 1. The number of hydrogen-bond donors (Lipinski definition) is 1. The van der Waals surface area contributed by atoms with Crippen LogP contribution in [0.15, 0.2) is 36.4 Å². The van der Waals surface area contributed by atoms with Gasteiger partial charge in [-0.25, -0.2) is 0 Å². The molecule has 0 unspecified atom stereocenters. The number of amides is 1. The largest absolute Gasteiger partial charge is 0.325 e. The highest BCUT2D eigenvalue weighted by atomic mass is 35.5. The number of halogens is 2. The molecule has 2 aromatic carbocycles. The van der Waals surface area contributed by atoms with Gasteiger partial charge in [-0.1, -0.05) is 41.4 Å². The van der Waals surface area contributed by atoms with Gasteiger partial charge in [0.15, 0.2) is 0 Å². The first kappa shape index (κ1) is 17.8. The molecule has 3 nitrogen and oxygen atoms in total. The van der Waals surface area contributed by atoms with E-state index >= 15 is 0 Å². The minimum atomic E-state index is -0.0654. The minimum Gasteiger partial charge on any atom is -0.325 e. The van der Waals surface area contributed by atoms with Crippen molar-refractivity contribution < 1.29 is 4.79 Å². The molecule has 0 spiro atoms. The molecule has 0 bridgehead atoms. The van der Waals surface area contributed by atoms with E-state index in [4.69, 9.17) is 23.2 Å². The molecule has 0 aliphatic rings.